The Bertz CT molecular complexity index is 772. The van der Waals surface area contributed by atoms with E-state index in [2.05, 4.69) is 15.1 Å². The second-order valence-corrected chi connectivity index (χ2v) is 8.22. The van der Waals surface area contributed by atoms with Crippen LogP contribution in [-0.4, -0.2) is 33.0 Å². The van der Waals surface area contributed by atoms with Crippen molar-refractivity contribution < 1.29 is 14.8 Å². The maximum atomic E-state index is 12.3. The molecular formula is C17H25BN4O3S. The number of hydrogen-bond acceptors (Lipinski definition) is 5. The van der Waals surface area contributed by atoms with Crippen LogP contribution in [0.5, 0.6) is 0 Å². The van der Waals surface area contributed by atoms with Crippen LogP contribution < -0.4 is 15.5 Å². The summed E-state index contributed by atoms with van der Waals surface area (Å²) in [4.78, 5) is 13.1. The van der Waals surface area contributed by atoms with Crippen LogP contribution in [0.25, 0.3) is 0 Å². The molecule has 26 heavy (non-hydrogen) atoms. The average Bonchev–Trinajstić information content (AvgIpc) is 3.01. The first-order chi connectivity index (χ1) is 12.1. The number of carbonyl (C=O) groups is 1. The van der Waals surface area contributed by atoms with Gasteiger partial charge in [0.1, 0.15) is 0 Å². The van der Waals surface area contributed by atoms with Gasteiger partial charge in [-0.15, -0.1) is 0 Å². The van der Waals surface area contributed by atoms with Crippen molar-refractivity contribution in [2.24, 2.45) is 0 Å². The lowest BCUT2D eigenvalue weighted by Gasteiger charge is -2.24. The van der Waals surface area contributed by atoms with Crippen LogP contribution in [-0.2, 0) is 5.41 Å². The van der Waals surface area contributed by atoms with Gasteiger partial charge in [-0.2, -0.15) is 5.10 Å². The third-order valence-corrected chi connectivity index (χ3v) is 4.50. The van der Waals surface area contributed by atoms with Crippen molar-refractivity contribution in [2.45, 2.75) is 51.0 Å². The minimum absolute atomic E-state index is 0.215. The smallest absolute Gasteiger partial charge is 0.423 e. The van der Waals surface area contributed by atoms with Crippen LogP contribution in [0.3, 0.4) is 0 Å². The quantitative estimate of drug-likeness (QED) is 0.474. The van der Waals surface area contributed by atoms with Gasteiger partial charge >= 0.3 is 13.1 Å². The van der Waals surface area contributed by atoms with E-state index in [0.29, 0.717) is 11.2 Å². The molecule has 140 valence electrons. The van der Waals surface area contributed by atoms with Crippen LogP contribution in [0.2, 0.25) is 0 Å². The predicted molar refractivity (Wildman–Crippen MR) is 106 cm³/mol. The molecule has 0 aliphatic heterocycles. The molecule has 1 heterocycles. The number of nitrogens with one attached hydrogen (secondary N) is 2. The van der Waals surface area contributed by atoms with E-state index in [0.717, 1.165) is 10.5 Å². The van der Waals surface area contributed by atoms with Crippen molar-refractivity contribution in [3.05, 3.63) is 36.2 Å². The number of amides is 2. The van der Waals surface area contributed by atoms with Gasteiger partial charge in [-0.25, -0.2) is 4.79 Å². The largest absolute Gasteiger partial charge is 0.488 e. The summed E-state index contributed by atoms with van der Waals surface area (Å²) in [5, 5.41) is 25.8. The molecule has 0 saturated carbocycles. The normalized spacial score (nSPS) is 11.5. The third kappa shape index (κ3) is 5.26. The molecule has 1 aromatic heterocycles. The Morgan fingerprint density at radius 3 is 2.54 bits per heavy atom. The molecule has 0 aliphatic rings. The van der Waals surface area contributed by atoms with E-state index in [-0.39, 0.29) is 11.5 Å². The molecule has 7 nitrogen and oxygen atoms in total. The molecule has 2 aromatic rings. The second-order valence-electron chi connectivity index (χ2n) is 7.34. The van der Waals surface area contributed by atoms with E-state index >= 15 is 0 Å². The Balaban J connectivity index is 2.10. The Morgan fingerprint density at radius 2 is 2.00 bits per heavy atom. The van der Waals surface area contributed by atoms with E-state index in [1.165, 1.54) is 11.9 Å². The Morgan fingerprint density at radius 1 is 1.31 bits per heavy atom. The summed E-state index contributed by atoms with van der Waals surface area (Å²) >= 11 is 1.17. The number of hydrogen-bond donors (Lipinski definition) is 4. The van der Waals surface area contributed by atoms with Crippen molar-refractivity contribution in [1.82, 2.24) is 14.5 Å². The van der Waals surface area contributed by atoms with Crippen molar-refractivity contribution >= 4 is 36.2 Å². The molecule has 0 bridgehead atoms. The number of anilines is 1. The first-order valence-corrected chi connectivity index (χ1v) is 9.18. The molecule has 0 aliphatic carbocycles. The zero-order valence-corrected chi connectivity index (χ0v) is 16.5. The number of benzene rings is 1. The second kappa shape index (κ2) is 8.15. The van der Waals surface area contributed by atoms with Gasteiger partial charge in [-0.05, 0) is 48.3 Å². The van der Waals surface area contributed by atoms with Gasteiger partial charge in [-0.1, -0.05) is 32.9 Å². The SMILES string of the molecule is CC(C)n1cc(SNC(=O)Nc2cc(B(O)O)ccc2C(C)(C)C)cn1. The summed E-state index contributed by atoms with van der Waals surface area (Å²) in [5.74, 6) is 0. The number of aromatic nitrogens is 2. The number of nitrogens with zero attached hydrogens (tertiary/aromatic N) is 2. The fourth-order valence-electron chi connectivity index (χ4n) is 2.39. The van der Waals surface area contributed by atoms with Crippen LogP contribution in [0.15, 0.2) is 35.5 Å². The van der Waals surface area contributed by atoms with Crippen molar-refractivity contribution in [3.63, 3.8) is 0 Å². The minimum Gasteiger partial charge on any atom is -0.423 e. The maximum absolute atomic E-state index is 12.3. The minimum atomic E-state index is -1.59. The molecule has 0 radical (unpaired) electrons. The number of carbonyl (C=O) groups excluding carboxylic acids is 1. The highest BCUT2D eigenvalue weighted by molar-refractivity contribution is 7.98. The van der Waals surface area contributed by atoms with Gasteiger partial charge in [0.2, 0.25) is 0 Å². The molecule has 0 saturated heterocycles. The van der Waals surface area contributed by atoms with E-state index in [1.54, 1.807) is 24.4 Å². The molecule has 0 unspecified atom stereocenters. The lowest BCUT2D eigenvalue weighted by Crippen LogP contribution is -2.32. The van der Waals surface area contributed by atoms with Gasteiger partial charge in [0.15, 0.2) is 0 Å². The standard InChI is InChI=1S/C17H25BN4O3S/c1-11(2)22-10-13(9-19-22)26-21-16(23)20-15-8-12(18(24)25)6-7-14(15)17(3,4)5/h6-11,24-25H,1-5H3,(H2,20,21,23). The summed E-state index contributed by atoms with van der Waals surface area (Å²) in [6.45, 7) is 10.1. The van der Waals surface area contributed by atoms with Gasteiger partial charge in [0.25, 0.3) is 0 Å². The van der Waals surface area contributed by atoms with E-state index in [1.807, 2.05) is 45.5 Å². The molecule has 1 aromatic carbocycles. The fraction of sp³-hybridized carbons (Fsp3) is 0.412. The topological polar surface area (TPSA) is 99.4 Å². The summed E-state index contributed by atoms with van der Waals surface area (Å²) in [6, 6.07) is 4.86. The number of rotatable bonds is 5. The molecule has 0 spiro atoms. The van der Waals surface area contributed by atoms with Crippen molar-refractivity contribution in [2.75, 3.05) is 5.32 Å². The molecule has 2 amide bonds. The van der Waals surface area contributed by atoms with Gasteiger partial charge in [-0.3, -0.25) is 9.40 Å². The van der Waals surface area contributed by atoms with Gasteiger partial charge < -0.3 is 15.4 Å². The van der Waals surface area contributed by atoms with Crippen LogP contribution in [0.4, 0.5) is 10.5 Å². The number of urea groups is 1. The predicted octanol–water partition coefficient (Wildman–Crippen LogP) is 2.27. The molecule has 9 heteroatoms. The summed E-state index contributed by atoms with van der Waals surface area (Å²) < 4.78 is 4.53. The Hall–Kier alpha value is -1.97. The summed E-state index contributed by atoms with van der Waals surface area (Å²) in [5.41, 5.74) is 1.54. The molecule has 0 fully saturated rings. The lowest BCUT2D eigenvalue weighted by atomic mass is 9.77. The monoisotopic (exact) mass is 376 g/mol. The maximum Gasteiger partial charge on any atom is 0.488 e. The van der Waals surface area contributed by atoms with E-state index in [4.69, 9.17) is 0 Å². The van der Waals surface area contributed by atoms with Crippen molar-refractivity contribution in [3.8, 4) is 0 Å². The molecular weight excluding hydrogens is 351 g/mol. The first kappa shape index (κ1) is 20.3. The summed E-state index contributed by atoms with van der Waals surface area (Å²) in [7, 11) is -1.59. The van der Waals surface area contributed by atoms with Crippen LogP contribution in [0.1, 0.15) is 46.2 Å². The Kier molecular flexibility index (Phi) is 6.38. The van der Waals surface area contributed by atoms with Gasteiger partial charge in [0.05, 0.1) is 11.1 Å². The third-order valence-electron chi connectivity index (χ3n) is 3.77. The van der Waals surface area contributed by atoms with E-state index in [9.17, 15) is 14.8 Å². The van der Waals surface area contributed by atoms with Gasteiger partial charge in [0, 0.05) is 17.9 Å². The summed E-state index contributed by atoms with van der Waals surface area (Å²) in [6.07, 6.45) is 3.55. The first-order valence-electron chi connectivity index (χ1n) is 8.36. The van der Waals surface area contributed by atoms with Crippen LogP contribution >= 0.6 is 11.9 Å². The highest BCUT2D eigenvalue weighted by atomic mass is 32.2. The molecule has 4 N–H and O–H groups in total. The zero-order valence-electron chi connectivity index (χ0n) is 15.6. The highest BCUT2D eigenvalue weighted by Gasteiger charge is 2.22. The van der Waals surface area contributed by atoms with E-state index < -0.39 is 13.1 Å². The van der Waals surface area contributed by atoms with Crippen molar-refractivity contribution in [1.29, 1.82) is 0 Å². The zero-order chi connectivity index (χ0) is 19.5. The molecule has 0 atom stereocenters. The Labute approximate surface area is 158 Å². The lowest BCUT2D eigenvalue weighted by molar-refractivity contribution is 0.257. The average molecular weight is 376 g/mol. The van der Waals surface area contributed by atoms with Crippen LogP contribution in [0, 0.1) is 0 Å². The fourth-order valence-corrected chi connectivity index (χ4v) is 2.91. The molecule has 2 rings (SSSR count). The highest BCUT2D eigenvalue weighted by Crippen LogP contribution is 2.29.